The highest BCUT2D eigenvalue weighted by molar-refractivity contribution is 8.00. The van der Waals surface area contributed by atoms with Crippen LogP contribution in [0.4, 0.5) is 0 Å². The molecule has 0 aromatic carbocycles. The maximum atomic E-state index is 11.8. The summed E-state index contributed by atoms with van der Waals surface area (Å²) in [5, 5.41) is 2.52. The minimum atomic E-state index is 0.274. The largest absolute Gasteiger partial charge is 0.342 e. The van der Waals surface area contributed by atoms with E-state index < -0.39 is 0 Å². The van der Waals surface area contributed by atoms with Crippen LogP contribution in [-0.2, 0) is 4.79 Å². The summed E-state index contributed by atoms with van der Waals surface area (Å²) < 4.78 is 0. The molecule has 1 saturated carbocycles. The van der Waals surface area contributed by atoms with Crippen LogP contribution < -0.4 is 0 Å². The van der Waals surface area contributed by atoms with Crippen molar-refractivity contribution in [1.29, 1.82) is 0 Å². The lowest BCUT2D eigenvalue weighted by Crippen LogP contribution is -2.30. The van der Waals surface area contributed by atoms with Gasteiger partial charge in [0.1, 0.15) is 0 Å². The number of hydrogen-bond donors (Lipinski definition) is 0. The van der Waals surface area contributed by atoms with Gasteiger partial charge in [0.15, 0.2) is 0 Å². The van der Waals surface area contributed by atoms with E-state index in [4.69, 9.17) is 0 Å². The standard InChI is InChI=1S/C12H17NOS2/c1-9(11-4-3-7-15-11)16-8-12(14)13(2)10-5-6-10/h3-4,7,9-10H,5-6,8H2,1-2H3/t9-/m0/s1. The predicted octanol–water partition coefficient (Wildman–Crippen LogP) is 3.16. The van der Waals surface area contributed by atoms with Gasteiger partial charge in [-0.15, -0.1) is 23.1 Å². The van der Waals surface area contributed by atoms with E-state index in [0.29, 0.717) is 17.0 Å². The molecule has 0 aliphatic heterocycles. The van der Waals surface area contributed by atoms with Gasteiger partial charge in [0.25, 0.3) is 0 Å². The molecule has 1 fully saturated rings. The van der Waals surface area contributed by atoms with Gasteiger partial charge in [0, 0.05) is 23.2 Å². The van der Waals surface area contributed by atoms with E-state index in [1.807, 2.05) is 11.9 Å². The summed E-state index contributed by atoms with van der Waals surface area (Å²) in [5.74, 6) is 0.877. The number of carbonyl (C=O) groups is 1. The molecule has 0 N–H and O–H groups in total. The summed E-state index contributed by atoms with van der Waals surface area (Å²) in [7, 11) is 1.93. The second-order valence-electron chi connectivity index (χ2n) is 4.20. The third-order valence-corrected chi connectivity index (χ3v) is 5.26. The topological polar surface area (TPSA) is 20.3 Å². The average molecular weight is 255 g/mol. The Bertz CT molecular complexity index is 346. The van der Waals surface area contributed by atoms with Crippen molar-refractivity contribution >= 4 is 29.0 Å². The summed E-state index contributed by atoms with van der Waals surface area (Å²) >= 11 is 3.50. The Morgan fingerprint density at radius 3 is 3.00 bits per heavy atom. The van der Waals surface area contributed by atoms with Crippen LogP contribution in [0.3, 0.4) is 0 Å². The molecule has 1 atom stereocenters. The fourth-order valence-electron chi connectivity index (χ4n) is 1.57. The molecule has 1 aromatic rings. The molecule has 1 heterocycles. The van der Waals surface area contributed by atoms with E-state index in [2.05, 4.69) is 24.4 Å². The fraction of sp³-hybridized carbons (Fsp3) is 0.583. The third-order valence-electron chi connectivity index (χ3n) is 2.89. The zero-order chi connectivity index (χ0) is 11.5. The molecule has 16 heavy (non-hydrogen) atoms. The molecule has 2 nitrogen and oxygen atoms in total. The van der Waals surface area contributed by atoms with Gasteiger partial charge in [0.2, 0.25) is 5.91 Å². The molecule has 0 spiro atoms. The van der Waals surface area contributed by atoms with E-state index >= 15 is 0 Å². The minimum absolute atomic E-state index is 0.274. The van der Waals surface area contributed by atoms with Gasteiger partial charge in [-0.1, -0.05) is 6.07 Å². The van der Waals surface area contributed by atoms with Gasteiger partial charge in [-0.2, -0.15) is 0 Å². The molecule has 88 valence electrons. The second-order valence-corrected chi connectivity index (χ2v) is 6.51. The summed E-state index contributed by atoms with van der Waals surface area (Å²) in [4.78, 5) is 15.1. The highest BCUT2D eigenvalue weighted by Gasteiger charge is 2.29. The number of nitrogens with zero attached hydrogens (tertiary/aromatic N) is 1. The maximum Gasteiger partial charge on any atom is 0.232 e. The molecular weight excluding hydrogens is 238 g/mol. The lowest BCUT2D eigenvalue weighted by atomic mass is 10.4. The van der Waals surface area contributed by atoms with Crippen LogP contribution in [-0.4, -0.2) is 29.6 Å². The van der Waals surface area contributed by atoms with Crippen LogP contribution in [0.15, 0.2) is 17.5 Å². The number of hydrogen-bond acceptors (Lipinski definition) is 3. The average Bonchev–Trinajstić information content (AvgIpc) is 2.99. The van der Waals surface area contributed by atoms with Crippen molar-refractivity contribution in [2.75, 3.05) is 12.8 Å². The second kappa shape index (κ2) is 5.23. The number of thiophene rings is 1. The van der Waals surface area contributed by atoms with E-state index in [9.17, 15) is 4.79 Å². The molecule has 0 radical (unpaired) electrons. The van der Waals surface area contributed by atoms with Gasteiger partial charge in [-0.25, -0.2) is 0 Å². The zero-order valence-corrected chi connectivity index (χ0v) is 11.3. The van der Waals surface area contributed by atoms with Gasteiger partial charge in [0.05, 0.1) is 5.75 Å². The molecule has 4 heteroatoms. The van der Waals surface area contributed by atoms with E-state index in [1.54, 1.807) is 23.1 Å². The van der Waals surface area contributed by atoms with Crippen LogP contribution in [0.25, 0.3) is 0 Å². The normalized spacial score (nSPS) is 17.1. The van der Waals surface area contributed by atoms with Gasteiger partial charge in [-0.05, 0) is 31.2 Å². The molecule has 1 aliphatic carbocycles. The van der Waals surface area contributed by atoms with Crippen LogP contribution in [0.5, 0.6) is 0 Å². The van der Waals surface area contributed by atoms with Crippen LogP contribution in [0.1, 0.15) is 29.9 Å². The highest BCUT2D eigenvalue weighted by atomic mass is 32.2. The SMILES string of the molecule is C[C@H](SCC(=O)N(C)C1CC1)c1cccs1. The van der Waals surface area contributed by atoms with Crippen molar-refractivity contribution in [2.24, 2.45) is 0 Å². The molecule has 0 unspecified atom stereocenters. The van der Waals surface area contributed by atoms with Crippen molar-refractivity contribution in [2.45, 2.75) is 31.1 Å². The first-order valence-electron chi connectivity index (χ1n) is 5.59. The minimum Gasteiger partial charge on any atom is -0.342 e. The lowest BCUT2D eigenvalue weighted by molar-refractivity contribution is -0.127. The number of rotatable bonds is 5. The van der Waals surface area contributed by atoms with Crippen molar-refractivity contribution in [3.8, 4) is 0 Å². The number of carbonyl (C=O) groups excluding carboxylic acids is 1. The molecule has 1 aliphatic rings. The first-order chi connectivity index (χ1) is 7.68. The molecular formula is C12H17NOS2. The monoisotopic (exact) mass is 255 g/mol. The lowest BCUT2D eigenvalue weighted by Gasteiger charge is -2.17. The molecule has 1 amide bonds. The van der Waals surface area contributed by atoms with Crippen LogP contribution in [0, 0.1) is 0 Å². The highest BCUT2D eigenvalue weighted by Crippen LogP contribution is 2.32. The Morgan fingerprint density at radius 2 is 2.44 bits per heavy atom. The molecule has 0 bridgehead atoms. The van der Waals surface area contributed by atoms with Crippen LogP contribution in [0.2, 0.25) is 0 Å². The number of amides is 1. The smallest absolute Gasteiger partial charge is 0.232 e. The Morgan fingerprint density at radius 1 is 1.69 bits per heavy atom. The van der Waals surface area contributed by atoms with Crippen molar-refractivity contribution < 1.29 is 4.79 Å². The summed E-state index contributed by atoms with van der Waals surface area (Å²) in [6.07, 6.45) is 2.38. The Labute approximate surface area is 105 Å². The van der Waals surface area contributed by atoms with Gasteiger partial charge in [-0.3, -0.25) is 4.79 Å². The number of thioether (sulfide) groups is 1. The molecule has 1 aromatic heterocycles. The summed E-state index contributed by atoms with van der Waals surface area (Å²) in [6.45, 7) is 2.17. The Balaban J connectivity index is 1.76. The van der Waals surface area contributed by atoms with Crippen LogP contribution >= 0.6 is 23.1 Å². The predicted molar refractivity (Wildman–Crippen MR) is 71.0 cm³/mol. The van der Waals surface area contributed by atoms with E-state index in [0.717, 1.165) is 0 Å². The summed E-state index contributed by atoms with van der Waals surface area (Å²) in [5.41, 5.74) is 0. The molecule has 0 saturated heterocycles. The van der Waals surface area contributed by atoms with Gasteiger partial charge >= 0.3 is 0 Å². The first kappa shape index (κ1) is 12.0. The zero-order valence-electron chi connectivity index (χ0n) is 9.68. The van der Waals surface area contributed by atoms with Crippen molar-refractivity contribution in [3.05, 3.63) is 22.4 Å². The fourth-order valence-corrected chi connectivity index (χ4v) is 3.44. The maximum absolute atomic E-state index is 11.8. The Kier molecular flexibility index (Phi) is 3.92. The Hall–Kier alpha value is -0.480. The van der Waals surface area contributed by atoms with Crippen molar-refractivity contribution in [3.63, 3.8) is 0 Å². The van der Waals surface area contributed by atoms with E-state index in [1.165, 1.54) is 17.7 Å². The van der Waals surface area contributed by atoms with Gasteiger partial charge < -0.3 is 4.90 Å². The van der Waals surface area contributed by atoms with Crippen molar-refractivity contribution in [1.82, 2.24) is 4.90 Å². The third kappa shape index (κ3) is 3.01. The summed E-state index contributed by atoms with van der Waals surface area (Å²) in [6, 6.07) is 4.73. The van der Waals surface area contributed by atoms with E-state index in [-0.39, 0.29) is 5.91 Å². The molecule has 2 rings (SSSR count). The quantitative estimate of drug-likeness (QED) is 0.805. The first-order valence-corrected chi connectivity index (χ1v) is 7.52.